The van der Waals surface area contributed by atoms with Gasteiger partial charge in [0.1, 0.15) is 35.6 Å². The summed E-state index contributed by atoms with van der Waals surface area (Å²) in [6, 6.07) is 17.8. The van der Waals surface area contributed by atoms with E-state index in [1.807, 2.05) is 0 Å². The van der Waals surface area contributed by atoms with Gasteiger partial charge >= 0.3 is 5.97 Å². The summed E-state index contributed by atoms with van der Waals surface area (Å²) in [4.78, 5) is 44.4. The van der Waals surface area contributed by atoms with Crippen LogP contribution in [0.2, 0.25) is 10.0 Å². The Morgan fingerprint density at radius 1 is 0.783 bits per heavy atom. The Morgan fingerprint density at radius 3 is 1.81 bits per heavy atom. The molecule has 1 aliphatic carbocycles. The highest BCUT2D eigenvalue weighted by atomic mass is 35.5. The zero-order valence-electron chi connectivity index (χ0n) is 37.7. The van der Waals surface area contributed by atoms with E-state index < -0.39 is 38.1 Å². The van der Waals surface area contributed by atoms with Crippen molar-refractivity contribution in [2.75, 3.05) is 31.9 Å². The lowest BCUT2D eigenvalue weighted by Gasteiger charge is -2.34. The molecule has 2 aromatic carbocycles. The van der Waals surface area contributed by atoms with Crippen molar-refractivity contribution in [2.45, 2.75) is 93.3 Å². The highest BCUT2D eigenvalue weighted by Gasteiger charge is 2.46. The first-order chi connectivity index (χ1) is 32.8. The number of benzene rings is 2. The van der Waals surface area contributed by atoms with Gasteiger partial charge in [0.15, 0.2) is 0 Å². The fourth-order valence-corrected chi connectivity index (χ4v) is 12.1. The number of carbonyl (C=O) groups is 3. The smallest absolute Gasteiger partial charge is 0.331 e. The maximum absolute atomic E-state index is 13.5. The molecule has 5 aromatic rings. The van der Waals surface area contributed by atoms with E-state index >= 15 is 0 Å². The van der Waals surface area contributed by atoms with Crippen LogP contribution in [-0.4, -0.2) is 102 Å². The van der Waals surface area contributed by atoms with E-state index in [1.165, 1.54) is 31.0 Å². The van der Waals surface area contributed by atoms with E-state index in [0.717, 1.165) is 18.4 Å². The average Bonchev–Trinajstić information content (AvgIpc) is 3.71. The molecule has 2 atom stereocenters. The van der Waals surface area contributed by atoms with E-state index in [1.54, 1.807) is 86.9 Å². The van der Waals surface area contributed by atoms with Gasteiger partial charge < -0.3 is 34.8 Å². The number of nitrogens with two attached hydrogens (primary N) is 1. The lowest BCUT2D eigenvalue weighted by Crippen LogP contribution is -2.51. The fraction of sp³-hybridized carbons (Fsp3) is 0.383. The van der Waals surface area contributed by atoms with E-state index in [2.05, 4.69) is 26.6 Å². The monoisotopic (exact) mass is 1020 g/mol. The number of aryl methyl sites for hydroxylation is 2. The van der Waals surface area contributed by atoms with Crippen LogP contribution >= 0.6 is 23.2 Å². The number of carboxylic acid groups (broad SMARTS) is 1. The van der Waals surface area contributed by atoms with Crippen molar-refractivity contribution >= 4 is 77.6 Å². The van der Waals surface area contributed by atoms with Gasteiger partial charge in [0.05, 0.1) is 25.5 Å². The molecule has 0 bridgehead atoms. The number of nitrogen functional groups attached to an aromatic ring is 1. The Kier molecular flexibility index (Phi) is 15.6. The third-order valence-corrected chi connectivity index (χ3v) is 16.8. The quantitative estimate of drug-likeness (QED) is 0.0600. The van der Waals surface area contributed by atoms with Crippen molar-refractivity contribution in [3.05, 3.63) is 112 Å². The van der Waals surface area contributed by atoms with Crippen LogP contribution in [0.5, 0.6) is 0 Å². The van der Waals surface area contributed by atoms with Crippen LogP contribution < -0.4 is 15.2 Å². The number of hydrogen-bond acceptors (Lipinski definition) is 10. The van der Waals surface area contributed by atoms with Crippen LogP contribution in [0.3, 0.4) is 0 Å². The second kappa shape index (κ2) is 21.2. The molecule has 1 spiro atoms. The number of rotatable bonds is 15. The standard InChI is InChI=1S/C25H27N5O5S.C22H25Cl2N5O3S/c1-17(25(32)33)18-8-13-30(14-9-18)24(31)22(10-15-29-12-3-4-19(29)16-26)28-36(34,35)23-6-2-5-21-20(23)7-11-27-21;23-17-12-16(13-18(24)20(17)26)33(31,32)27-19(3-9-28-8-1-2-15(28)14-25)21(30)29-10-6-22(4-5-22)7-11-29/h2-7,11-12,22,27-28H,8-10,13-15H2,1H3,(H,32,33);1-2,8,12-13,19,27H,3-7,9-11,26H2. The number of sulfonamides is 2. The lowest BCUT2D eigenvalue weighted by molar-refractivity contribution is -0.135. The number of likely N-dealkylation sites (tertiary alicyclic amines) is 2. The van der Waals surface area contributed by atoms with Crippen LogP contribution in [0.25, 0.3) is 10.9 Å². The maximum Gasteiger partial charge on any atom is 0.331 e. The number of aromatic nitrogens is 3. The van der Waals surface area contributed by atoms with Gasteiger partial charge in [-0.05, 0) is 118 Å². The van der Waals surface area contributed by atoms with Crippen LogP contribution in [-0.2, 0) is 47.5 Å². The minimum atomic E-state index is -4.12. The van der Waals surface area contributed by atoms with Gasteiger partial charge in [-0.1, -0.05) is 34.8 Å². The number of nitriles is 2. The molecule has 3 aromatic heterocycles. The normalized spacial score (nSPS) is 16.5. The third-order valence-electron chi connectivity index (χ3n) is 13.2. The Morgan fingerprint density at radius 2 is 1.30 bits per heavy atom. The summed E-state index contributed by atoms with van der Waals surface area (Å²) in [5, 5.41) is 28.4. The first kappa shape index (κ1) is 50.7. The van der Waals surface area contributed by atoms with E-state index in [-0.39, 0.29) is 62.3 Å². The molecule has 18 nitrogen and oxygen atoms in total. The van der Waals surface area contributed by atoms with E-state index in [9.17, 15) is 46.8 Å². The Balaban J connectivity index is 0.000000205. The molecule has 364 valence electrons. The molecule has 1 saturated carbocycles. The molecule has 8 rings (SSSR count). The first-order valence-electron chi connectivity index (χ1n) is 22.3. The van der Waals surface area contributed by atoms with Crippen LogP contribution in [0, 0.1) is 28.1 Å². The largest absolute Gasteiger partial charge is 0.478 e. The summed E-state index contributed by atoms with van der Waals surface area (Å²) < 4.78 is 61.6. The lowest BCUT2D eigenvalue weighted by atomic mass is 9.93. The number of nitrogens with zero attached hydrogens (tertiary/aromatic N) is 6. The first-order valence-corrected chi connectivity index (χ1v) is 26.0. The summed E-state index contributed by atoms with van der Waals surface area (Å²) in [7, 11) is -8.18. The predicted octanol–water partition coefficient (Wildman–Crippen LogP) is 5.99. The van der Waals surface area contributed by atoms with Crippen LogP contribution in [0.1, 0.15) is 69.7 Å². The summed E-state index contributed by atoms with van der Waals surface area (Å²) in [5.41, 5.74) is 8.79. The molecule has 5 heterocycles. The molecular weight excluding hydrogens is 968 g/mol. The predicted molar refractivity (Wildman–Crippen MR) is 259 cm³/mol. The number of anilines is 1. The zero-order chi connectivity index (χ0) is 49.7. The van der Waals surface area contributed by atoms with Gasteiger partial charge in [0, 0.05) is 74.3 Å². The van der Waals surface area contributed by atoms with Crippen LogP contribution in [0.15, 0.2) is 100 Å². The molecule has 2 saturated heterocycles. The average molecular weight is 1020 g/mol. The van der Waals surface area contributed by atoms with Crippen molar-refractivity contribution < 1.29 is 36.3 Å². The molecule has 3 aliphatic rings. The summed E-state index contributed by atoms with van der Waals surface area (Å²) in [6.45, 7) is 3.95. The SMILES string of the molecule is CC(C(=O)O)=C1CCN(C(=O)C(CCn2cccc2C#N)NS(=O)(=O)c2cccc3[nH]ccc23)CC1.N#Cc1cccn1CCC(NS(=O)(=O)c1cc(Cl)c(N)c(Cl)c1)C(=O)N1CCC2(CC1)CC2. The third kappa shape index (κ3) is 11.8. The maximum atomic E-state index is 13.5. The number of hydrogen-bond donors (Lipinski definition) is 5. The summed E-state index contributed by atoms with van der Waals surface area (Å²) >= 11 is 12.1. The molecular formula is C47H52Cl2N10O8S2. The Labute approximate surface area is 410 Å². The van der Waals surface area contributed by atoms with Crippen molar-refractivity contribution in [1.29, 1.82) is 10.5 Å². The number of piperidine rings is 2. The molecule has 69 heavy (non-hydrogen) atoms. The van der Waals surface area contributed by atoms with Crippen molar-refractivity contribution in [2.24, 2.45) is 5.41 Å². The van der Waals surface area contributed by atoms with Crippen molar-refractivity contribution in [3.63, 3.8) is 0 Å². The Hall–Kier alpha value is -6.13. The van der Waals surface area contributed by atoms with Gasteiger partial charge in [0.25, 0.3) is 0 Å². The van der Waals surface area contributed by atoms with Crippen molar-refractivity contribution in [3.8, 4) is 12.1 Å². The zero-order valence-corrected chi connectivity index (χ0v) is 40.8. The van der Waals surface area contributed by atoms with Gasteiger partial charge in [-0.3, -0.25) is 9.59 Å². The number of fused-ring (bicyclic) bond motifs is 1. The number of amides is 2. The number of carbonyl (C=O) groups excluding carboxylic acids is 2. The second-order valence-corrected chi connectivity index (χ2v) is 21.7. The Bertz CT molecular complexity index is 3070. The van der Waals surface area contributed by atoms with E-state index in [0.29, 0.717) is 73.3 Å². The van der Waals surface area contributed by atoms with Gasteiger partial charge in [0.2, 0.25) is 31.9 Å². The minimum Gasteiger partial charge on any atom is -0.478 e. The number of nitrogens with one attached hydrogen (secondary N) is 3. The number of aliphatic carboxylic acids is 1. The highest BCUT2D eigenvalue weighted by molar-refractivity contribution is 7.90. The van der Waals surface area contributed by atoms with Crippen molar-refractivity contribution in [1.82, 2.24) is 33.4 Å². The number of halogens is 2. The molecule has 6 N–H and O–H groups in total. The number of H-pyrrole nitrogens is 1. The van der Waals surface area contributed by atoms with Gasteiger partial charge in [-0.25, -0.2) is 21.6 Å². The topological polar surface area (TPSA) is 270 Å². The number of carboxylic acids is 1. The van der Waals surface area contributed by atoms with Gasteiger partial charge in [-0.15, -0.1) is 0 Å². The molecule has 0 radical (unpaired) electrons. The summed E-state index contributed by atoms with van der Waals surface area (Å²) in [6.07, 6.45) is 10.5. The molecule has 22 heteroatoms. The molecule has 2 aliphatic heterocycles. The van der Waals surface area contributed by atoms with Gasteiger partial charge in [-0.2, -0.15) is 20.0 Å². The molecule has 2 unspecified atom stereocenters. The van der Waals surface area contributed by atoms with Crippen LogP contribution in [0.4, 0.5) is 5.69 Å². The number of aromatic amines is 1. The minimum absolute atomic E-state index is 0.0162. The molecule has 3 fully saturated rings. The molecule has 2 amide bonds. The summed E-state index contributed by atoms with van der Waals surface area (Å²) in [5.74, 6) is -1.63. The second-order valence-electron chi connectivity index (χ2n) is 17.5. The fourth-order valence-electron chi connectivity index (χ4n) is 8.78. The van der Waals surface area contributed by atoms with E-state index in [4.69, 9.17) is 28.9 Å². The highest BCUT2D eigenvalue weighted by Crippen LogP contribution is 2.53.